The fourth-order valence-corrected chi connectivity index (χ4v) is 7.81. The fraction of sp³-hybridized carbons (Fsp3) is 0.235. The minimum Gasteiger partial charge on any atom is -0.482 e. The van der Waals surface area contributed by atoms with Crippen molar-refractivity contribution < 1.29 is 32.2 Å². The van der Waals surface area contributed by atoms with Crippen molar-refractivity contribution in [1.82, 2.24) is 4.98 Å². The number of hydrogen-bond donors (Lipinski definition) is 1. The van der Waals surface area contributed by atoms with E-state index < -0.39 is 30.1 Å². The molecule has 0 bridgehead atoms. The van der Waals surface area contributed by atoms with Gasteiger partial charge in [-0.05, 0) is 91.3 Å². The van der Waals surface area contributed by atoms with Gasteiger partial charge in [-0.3, -0.25) is 0 Å². The third-order valence-corrected chi connectivity index (χ3v) is 10.3. The molecule has 5 rings (SSSR count). The molecule has 1 unspecified atom stereocenters. The lowest BCUT2D eigenvalue weighted by atomic mass is 9.98. The minimum atomic E-state index is -4.33. The number of alkyl halides is 3. The summed E-state index contributed by atoms with van der Waals surface area (Å²) in [6, 6.07) is 18.1. The van der Waals surface area contributed by atoms with Gasteiger partial charge in [0.15, 0.2) is 6.61 Å². The first kappa shape index (κ1) is 32.8. The number of carboxylic acids is 1. The Morgan fingerprint density at radius 3 is 2.40 bits per heavy atom. The Kier molecular flexibility index (Phi) is 10.1. The zero-order valence-corrected chi connectivity index (χ0v) is 26.6. The first-order valence-electron chi connectivity index (χ1n) is 14.0. The van der Waals surface area contributed by atoms with Crippen LogP contribution in [0.3, 0.4) is 0 Å². The molecule has 0 saturated carbocycles. The van der Waals surface area contributed by atoms with E-state index >= 15 is 0 Å². The molecule has 4 aromatic rings. The van der Waals surface area contributed by atoms with Crippen LogP contribution in [-0.2, 0) is 11.2 Å². The fourth-order valence-electron chi connectivity index (χ4n) is 4.97. The summed E-state index contributed by atoms with van der Waals surface area (Å²) in [7, 11) is 0. The number of aromatic nitrogens is 1. The number of aryl methyl sites for hydroxylation is 2. The van der Waals surface area contributed by atoms with E-state index in [9.17, 15) is 22.4 Å². The highest BCUT2D eigenvalue weighted by Gasteiger charge is 2.34. The summed E-state index contributed by atoms with van der Waals surface area (Å²) >= 11 is 9.10. The second-order valence-electron chi connectivity index (χ2n) is 10.6. The number of carbonyl (C=O) groups is 1. The molecule has 1 N–H and O–H groups in total. The Morgan fingerprint density at radius 2 is 1.78 bits per heavy atom. The van der Waals surface area contributed by atoms with E-state index in [1.54, 1.807) is 30.0 Å². The zero-order valence-electron chi connectivity index (χ0n) is 24.3. The number of rotatable bonds is 10. The molecular formula is C34H28ClF4NO3S2. The molecule has 3 aromatic carbocycles. The average Bonchev–Trinajstić information content (AvgIpc) is 3.39. The van der Waals surface area contributed by atoms with Crippen LogP contribution < -0.4 is 4.74 Å². The standard InChI is InChI=1S/C34H28ClF4NO3S2/c1-19-15-26(12-14-29(19)43-18-31(41)42)44-30(16-21-3-5-22(6-4-21)24-9-13-28(36)27(35)17-24)32-20(2)40-33(45-32)23-7-10-25(11-8-23)34(37,38)39/h3-7,9-10,12-15,17,30H,8,11,16,18H2,1-2H3,(H,41,42). The summed E-state index contributed by atoms with van der Waals surface area (Å²) in [4.78, 5) is 17.7. The SMILES string of the molecule is Cc1cc(SC(Cc2ccc(-c3ccc(F)c(Cl)c3)cc2)c2sc(C3=CC=C(C(F)(F)F)CC3)nc2C)ccc1OCC(=O)O. The molecule has 0 amide bonds. The van der Waals surface area contributed by atoms with E-state index in [1.165, 1.54) is 23.5 Å². The smallest absolute Gasteiger partial charge is 0.412 e. The molecule has 1 aliphatic rings. The van der Waals surface area contributed by atoms with Crippen molar-refractivity contribution in [3.63, 3.8) is 0 Å². The molecule has 1 heterocycles. The van der Waals surface area contributed by atoms with Gasteiger partial charge in [-0.1, -0.05) is 54.1 Å². The summed E-state index contributed by atoms with van der Waals surface area (Å²) in [5.41, 5.74) is 4.59. The Bertz CT molecular complexity index is 1780. The molecule has 0 spiro atoms. The molecular weight excluding hydrogens is 646 g/mol. The van der Waals surface area contributed by atoms with Gasteiger partial charge in [0, 0.05) is 20.6 Å². The Balaban J connectivity index is 1.44. The lowest BCUT2D eigenvalue weighted by Crippen LogP contribution is -2.13. The Hall–Kier alpha value is -3.60. The van der Waals surface area contributed by atoms with Crippen LogP contribution in [0.25, 0.3) is 16.7 Å². The van der Waals surface area contributed by atoms with Crippen LogP contribution in [0, 0.1) is 19.7 Å². The predicted molar refractivity (Wildman–Crippen MR) is 172 cm³/mol. The van der Waals surface area contributed by atoms with E-state index in [-0.39, 0.29) is 23.1 Å². The van der Waals surface area contributed by atoms with Gasteiger partial charge < -0.3 is 9.84 Å². The van der Waals surface area contributed by atoms with Gasteiger partial charge >= 0.3 is 12.1 Å². The summed E-state index contributed by atoms with van der Waals surface area (Å²) < 4.78 is 58.6. The van der Waals surface area contributed by atoms with Crippen LogP contribution >= 0.6 is 34.7 Å². The number of aliphatic carboxylic acids is 1. The third kappa shape index (κ3) is 8.17. The van der Waals surface area contributed by atoms with E-state index in [1.807, 2.05) is 50.2 Å². The number of carboxylic acid groups (broad SMARTS) is 1. The number of nitrogens with zero attached hydrogens (tertiary/aromatic N) is 1. The summed E-state index contributed by atoms with van der Waals surface area (Å²) in [5.74, 6) is -1.05. The van der Waals surface area contributed by atoms with Gasteiger partial charge in [-0.15, -0.1) is 23.1 Å². The first-order chi connectivity index (χ1) is 21.4. The number of benzene rings is 3. The summed E-state index contributed by atoms with van der Waals surface area (Å²) in [5, 5.41) is 9.65. The van der Waals surface area contributed by atoms with E-state index in [2.05, 4.69) is 0 Å². The van der Waals surface area contributed by atoms with Gasteiger partial charge in [-0.2, -0.15) is 13.2 Å². The van der Waals surface area contributed by atoms with Gasteiger partial charge in [0.25, 0.3) is 0 Å². The zero-order chi connectivity index (χ0) is 32.3. The van der Waals surface area contributed by atoms with Gasteiger partial charge in [0.2, 0.25) is 0 Å². The van der Waals surface area contributed by atoms with Crippen molar-refractivity contribution >= 4 is 46.2 Å². The molecule has 11 heteroatoms. The Morgan fingerprint density at radius 1 is 1.04 bits per heavy atom. The van der Waals surface area contributed by atoms with Crippen molar-refractivity contribution in [3.8, 4) is 16.9 Å². The number of allylic oxidation sites excluding steroid dienone is 4. The van der Waals surface area contributed by atoms with Crippen LogP contribution in [-0.4, -0.2) is 28.8 Å². The van der Waals surface area contributed by atoms with Crippen molar-refractivity contribution in [2.45, 2.75) is 49.4 Å². The molecule has 45 heavy (non-hydrogen) atoms. The maximum absolute atomic E-state index is 13.7. The van der Waals surface area contributed by atoms with E-state index in [4.69, 9.17) is 26.4 Å². The second kappa shape index (κ2) is 13.8. The topological polar surface area (TPSA) is 59.4 Å². The van der Waals surface area contributed by atoms with Crippen molar-refractivity contribution in [2.75, 3.05) is 6.61 Å². The van der Waals surface area contributed by atoms with Crippen LogP contribution in [0.15, 0.2) is 83.3 Å². The number of halogens is 5. The highest BCUT2D eigenvalue weighted by atomic mass is 35.5. The number of thiazole rings is 1. The quantitative estimate of drug-likeness (QED) is 0.134. The average molecular weight is 674 g/mol. The maximum atomic E-state index is 13.7. The first-order valence-corrected chi connectivity index (χ1v) is 16.1. The van der Waals surface area contributed by atoms with Crippen LogP contribution in [0.1, 0.15) is 44.8 Å². The summed E-state index contributed by atoms with van der Waals surface area (Å²) in [6.07, 6.45) is -0.849. The molecule has 1 aromatic heterocycles. The van der Waals surface area contributed by atoms with E-state index in [0.717, 1.165) is 49.4 Å². The molecule has 0 radical (unpaired) electrons. The minimum absolute atomic E-state index is 0.0531. The number of thioether (sulfide) groups is 1. The molecule has 0 aliphatic heterocycles. The maximum Gasteiger partial charge on any atom is 0.412 e. The van der Waals surface area contributed by atoms with Crippen LogP contribution in [0.5, 0.6) is 5.75 Å². The molecule has 4 nitrogen and oxygen atoms in total. The predicted octanol–water partition coefficient (Wildman–Crippen LogP) is 10.4. The van der Waals surface area contributed by atoms with Crippen molar-refractivity contribution in [2.24, 2.45) is 0 Å². The lowest BCUT2D eigenvalue weighted by Gasteiger charge is -2.18. The normalized spacial score (nSPS) is 14.1. The monoisotopic (exact) mass is 673 g/mol. The molecule has 0 saturated heterocycles. The van der Waals surface area contributed by atoms with E-state index in [0.29, 0.717) is 17.2 Å². The number of ether oxygens (including phenoxy) is 1. The van der Waals surface area contributed by atoms with Crippen LogP contribution in [0.2, 0.25) is 5.02 Å². The highest BCUT2D eigenvalue weighted by Crippen LogP contribution is 2.45. The van der Waals surface area contributed by atoms with Crippen LogP contribution in [0.4, 0.5) is 17.6 Å². The number of hydrogen-bond acceptors (Lipinski definition) is 5. The molecule has 1 aliphatic carbocycles. The van der Waals surface area contributed by atoms with Crippen molar-refractivity contribution in [1.29, 1.82) is 0 Å². The van der Waals surface area contributed by atoms with Gasteiger partial charge in [0.1, 0.15) is 16.6 Å². The molecule has 0 fully saturated rings. The molecule has 234 valence electrons. The highest BCUT2D eigenvalue weighted by molar-refractivity contribution is 7.99. The Labute approximate surface area is 271 Å². The second-order valence-corrected chi connectivity index (χ2v) is 13.3. The third-order valence-electron chi connectivity index (χ3n) is 7.32. The molecule has 1 atom stereocenters. The lowest BCUT2D eigenvalue weighted by molar-refractivity contribution is -0.139. The summed E-state index contributed by atoms with van der Waals surface area (Å²) in [6.45, 7) is 3.33. The van der Waals surface area contributed by atoms with Crippen molar-refractivity contribution in [3.05, 3.63) is 116 Å². The van der Waals surface area contributed by atoms with Gasteiger partial charge in [0.05, 0.1) is 10.7 Å². The van der Waals surface area contributed by atoms with Gasteiger partial charge in [-0.25, -0.2) is 14.2 Å². The largest absolute Gasteiger partial charge is 0.482 e.